The quantitative estimate of drug-likeness (QED) is 0.611. The highest BCUT2D eigenvalue weighted by atomic mass is 16.5. The first-order valence-corrected chi connectivity index (χ1v) is 3.31. The van der Waals surface area contributed by atoms with Crippen LogP contribution in [-0.4, -0.2) is 24.2 Å². The van der Waals surface area contributed by atoms with Gasteiger partial charge in [-0.05, 0) is 0 Å². The fourth-order valence-electron chi connectivity index (χ4n) is 0.604. The van der Waals surface area contributed by atoms with E-state index in [0.717, 1.165) is 0 Å². The number of ether oxygens (including phenoxy) is 1. The Bertz CT molecular complexity index is 164. The van der Waals surface area contributed by atoms with E-state index in [2.05, 4.69) is 4.74 Å². The van der Waals surface area contributed by atoms with E-state index >= 15 is 0 Å². The average molecular weight is 160 g/mol. The molecule has 0 aliphatic heterocycles. The van der Waals surface area contributed by atoms with Crippen LogP contribution in [0.4, 0.5) is 0 Å². The summed E-state index contributed by atoms with van der Waals surface area (Å²) in [4.78, 5) is 21.1. The fraction of sp³-hybridized carbons (Fsp3) is 0.714. The summed E-state index contributed by atoms with van der Waals surface area (Å²) >= 11 is 0. The van der Waals surface area contributed by atoms with Gasteiger partial charge in [-0.2, -0.15) is 0 Å². The van der Waals surface area contributed by atoms with Crippen LogP contribution >= 0.6 is 0 Å². The third kappa shape index (κ3) is 2.57. The number of carbonyl (C=O) groups is 2. The van der Waals surface area contributed by atoms with Crippen molar-refractivity contribution in [2.45, 2.75) is 13.8 Å². The lowest BCUT2D eigenvalue weighted by molar-refractivity contribution is -0.154. The predicted octanol–water partition coefficient (Wildman–Crippen LogP) is 0.516. The second kappa shape index (κ2) is 3.95. The maximum atomic E-state index is 10.8. The molecule has 4 nitrogen and oxygen atoms in total. The maximum Gasteiger partial charge on any atom is 0.309 e. The van der Waals surface area contributed by atoms with Gasteiger partial charge in [0.15, 0.2) is 0 Å². The Balaban J connectivity index is 4.12. The molecule has 0 aliphatic rings. The first-order valence-electron chi connectivity index (χ1n) is 3.31. The van der Waals surface area contributed by atoms with Gasteiger partial charge in [0.2, 0.25) is 0 Å². The standard InChI is InChI=1S/C7H12O4/c1-4(6(8)9)5(2)7(10)11-3/h4-5H,1-3H3,(H,8,9)/t4-,5+/m1/s1. The molecule has 64 valence electrons. The molecule has 0 saturated carbocycles. The number of carboxylic acids is 1. The Kier molecular flexibility index (Phi) is 3.57. The molecule has 0 unspecified atom stereocenters. The van der Waals surface area contributed by atoms with Gasteiger partial charge in [0.1, 0.15) is 0 Å². The van der Waals surface area contributed by atoms with E-state index in [1.54, 1.807) is 0 Å². The topological polar surface area (TPSA) is 63.6 Å². The van der Waals surface area contributed by atoms with E-state index in [1.165, 1.54) is 21.0 Å². The number of methoxy groups -OCH3 is 1. The molecule has 0 radical (unpaired) electrons. The molecule has 0 rings (SSSR count). The molecular weight excluding hydrogens is 148 g/mol. The minimum absolute atomic E-state index is 0.486. The smallest absolute Gasteiger partial charge is 0.309 e. The number of carbonyl (C=O) groups excluding carboxylic acids is 1. The van der Waals surface area contributed by atoms with Crippen molar-refractivity contribution >= 4 is 11.9 Å². The molecule has 0 amide bonds. The van der Waals surface area contributed by atoms with Gasteiger partial charge in [-0.15, -0.1) is 0 Å². The summed E-state index contributed by atoms with van der Waals surface area (Å²) in [5, 5.41) is 8.49. The van der Waals surface area contributed by atoms with Crippen LogP contribution in [0.15, 0.2) is 0 Å². The van der Waals surface area contributed by atoms with E-state index < -0.39 is 23.8 Å². The lowest BCUT2D eigenvalue weighted by Gasteiger charge is -2.12. The van der Waals surface area contributed by atoms with Crippen LogP contribution < -0.4 is 0 Å². The highest BCUT2D eigenvalue weighted by molar-refractivity contribution is 5.80. The molecule has 0 aromatic heterocycles. The van der Waals surface area contributed by atoms with Crippen molar-refractivity contribution in [1.29, 1.82) is 0 Å². The van der Waals surface area contributed by atoms with Crippen LogP contribution in [0.2, 0.25) is 0 Å². The first kappa shape index (κ1) is 9.94. The van der Waals surface area contributed by atoms with Crippen molar-refractivity contribution in [3.63, 3.8) is 0 Å². The summed E-state index contributed by atoms with van der Waals surface area (Å²) in [6, 6.07) is 0. The second-order valence-electron chi connectivity index (χ2n) is 2.44. The molecule has 2 atom stereocenters. The number of esters is 1. The Morgan fingerprint density at radius 1 is 1.27 bits per heavy atom. The number of hydrogen-bond donors (Lipinski definition) is 1. The Morgan fingerprint density at radius 2 is 1.73 bits per heavy atom. The van der Waals surface area contributed by atoms with Gasteiger partial charge >= 0.3 is 11.9 Å². The van der Waals surface area contributed by atoms with Crippen LogP contribution in [0.1, 0.15) is 13.8 Å². The number of rotatable bonds is 3. The van der Waals surface area contributed by atoms with Gasteiger partial charge in [0.25, 0.3) is 0 Å². The summed E-state index contributed by atoms with van der Waals surface area (Å²) in [5.41, 5.74) is 0. The van der Waals surface area contributed by atoms with Gasteiger partial charge in [-0.1, -0.05) is 13.8 Å². The summed E-state index contributed by atoms with van der Waals surface area (Å²) < 4.78 is 4.38. The van der Waals surface area contributed by atoms with E-state index in [9.17, 15) is 9.59 Å². The zero-order valence-electron chi connectivity index (χ0n) is 6.83. The Hall–Kier alpha value is -1.06. The molecule has 0 heterocycles. The summed E-state index contributed by atoms with van der Waals surface area (Å²) in [5.74, 6) is -2.75. The van der Waals surface area contributed by atoms with Crippen LogP contribution in [0.3, 0.4) is 0 Å². The lowest BCUT2D eigenvalue weighted by Crippen LogP contribution is -2.26. The van der Waals surface area contributed by atoms with Crippen molar-refractivity contribution in [3.8, 4) is 0 Å². The monoisotopic (exact) mass is 160 g/mol. The van der Waals surface area contributed by atoms with Crippen molar-refractivity contribution in [3.05, 3.63) is 0 Å². The van der Waals surface area contributed by atoms with Crippen molar-refractivity contribution in [2.24, 2.45) is 11.8 Å². The van der Waals surface area contributed by atoms with Gasteiger partial charge < -0.3 is 9.84 Å². The van der Waals surface area contributed by atoms with Crippen LogP contribution in [0.5, 0.6) is 0 Å². The largest absolute Gasteiger partial charge is 0.481 e. The minimum atomic E-state index is -0.983. The van der Waals surface area contributed by atoms with Crippen molar-refractivity contribution < 1.29 is 19.4 Å². The number of carboxylic acid groups (broad SMARTS) is 1. The molecule has 0 bridgehead atoms. The third-order valence-corrected chi connectivity index (χ3v) is 1.71. The molecule has 4 heteroatoms. The number of aliphatic carboxylic acids is 1. The summed E-state index contributed by atoms with van der Waals surface area (Å²) in [7, 11) is 1.24. The molecule has 0 saturated heterocycles. The van der Waals surface area contributed by atoms with E-state index in [-0.39, 0.29) is 0 Å². The third-order valence-electron chi connectivity index (χ3n) is 1.71. The first-order chi connectivity index (χ1) is 5.00. The molecule has 1 N–H and O–H groups in total. The second-order valence-corrected chi connectivity index (χ2v) is 2.44. The molecule has 0 aromatic rings. The van der Waals surface area contributed by atoms with E-state index in [4.69, 9.17) is 5.11 Å². The van der Waals surface area contributed by atoms with E-state index in [1.807, 2.05) is 0 Å². The van der Waals surface area contributed by atoms with Crippen LogP contribution in [-0.2, 0) is 14.3 Å². The Labute approximate surface area is 65.2 Å². The van der Waals surface area contributed by atoms with Crippen LogP contribution in [0, 0.1) is 11.8 Å². The normalized spacial score (nSPS) is 15.2. The maximum absolute atomic E-state index is 10.8. The molecule has 0 aliphatic carbocycles. The van der Waals surface area contributed by atoms with Gasteiger partial charge in [0, 0.05) is 0 Å². The summed E-state index contributed by atoms with van der Waals surface area (Å²) in [6.45, 7) is 3.01. The average Bonchev–Trinajstić information content (AvgIpc) is 2.00. The number of hydrogen-bond acceptors (Lipinski definition) is 3. The fourth-order valence-corrected chi connectivity index (χ4v) is 0.604. The molecule has 0 aromatic carbocycles. The van der Waals surface area contributed by atoms with Crippen LogP contribution in [0.25, 0.3) is 0 Å². The van der Waals surface area contributed by atoms with Gasteiger partial charge in [-0.3, -0.25) is 9.59 Å². The van der Waals surface area contributed by atoms with Gasteiger partial charge in [-0.25, -0.2) is 0 Å². The van der Waals surface area contributed by atoms with Crippen molar-refractivity contribution in [2.75, 3.05) is 7.11 Å². The van der Waals surface area contributed by atoms with Crippen molar-refractivity contribution in [1.82, 2.24) is 0 Å². The highest BCUT2D eigenvalue weighted by Gasteiger charge is 2.25. The predicted molar refractivity (Wildman–Crippen MR) is 38.0 cm³/mol. The SMILES string of the molecule is COC(=O)[C@@H](C)[C@@H](C)C(=O)O. The molecule has 11 heavy (non-hydrogen) atoms. The summed E-state index contributed by atoms with van der Waals surface area (Å²) in [6.07, 6.45) is 0. The zero-order valence-corrected chi connectivity index (χ0v) is 6.83. The molecule has 0 fully saturated rings. The molecular formula is C7H12O4. The minimum Gasteiger partial charge on any atom is -0.481 e. The molecule has 0 spiro atoms. The Morgan fingerprint density at radius 3 is 2.00 bits per heavy atom. The zero-order chi connectivity index (χ0) is 9.02. The van der Waals surface area contributed by atoms with Gasteiger partial charge in [0.05, 0.1) is 18.9 Å². The highest BCUT2D eigenvalue weighted by Crippen LogP contribution is 2.11. The lowest BCUT2D eigenvalue weighted by atomic mass is 9.97. The van der Waals surface area contributed by atoms with E-state index in [0.29, 0.717) is 0 Å².